The molecule has 2 fully saturated rings. The van der Waals surface area contributed by atoms with E-state index in [1.807, 2.05) is 11.3 Å². The van der Waals surface area contributed by atoms with Crippen molar-refractivity contribution in [2.75, 3.05) is 6.54 Å². The summed E-state index contributed by atoms with van der Waals surface area (Å²) < 4.78 is 0. The molecule has 0 spiro atoms. The van der Waals surface area contributed by atoms with Gasteiger partial charge < -0.3 is 0 Å². The van der Waals surface area contributed by atoms with Gasteiger partial charge >= 0.3 is 0 Å². The van der Waals surface area contributed by atoms with Gasteiger partial charge in [0, 0.05) is 41.8 Å². The lowest BCUT2D eigenvalue weighted by atomic mass is 9.88. The van der Waals surface area contributed by atoms with E-state index in [-0.39, 0.29) is 5.41 Å². The predicted molar refractivity (Wildman–Crippen MR) is 75.1 cm³/mol. The minimum Gasteiger partial charge on any atom is -0.300 e. The molecule has 0 saturated carbocycles. The van der Waals surface area contributed by atoms with Crippen LogP contribution in [0.2, 0.25) is 0 Å². The van der Waals surface area contributed by atoms with Gasteiger partial charge in [0.1, 0.15) is 5.78 Å². The van der Waals surface area contributed by atoms with Crippen LogP contribution in [0.4, 0.5) is 0 Å². The average molecular weight is 263 g/mol. The van der Waals surface area contributed by atoms with Crippen LogP contribution in [0.5, 0.6) is 0 Å². The zero-order valence-corrected chi connectivity index (χ0v) is 12.0. The second-order valence-corrected chi connectivity index (χ2v) is 7.31. The molecule has 1 aromatic rings. The van der Waals surface area contributed by atoms with Crippen molar-refractivity contribution in [2.45, 2.75) is 57.0 Å². The van der Waals surface area contributed by atoms with Crippen LogP contribution in [-0.2, 0) is 10.2 Å². The van der Waals surface area contributed by atoms with Crippen LogP contribution in [0.15, 0.2) is 17.5 Å². The maximum absolute atomic E-state index is 11.6. The maximum atomic E-state index is 11.6. The number of piperidine rings is 1. The van der Waals surface area contributed by atoms with Crippen molar-refractivity contribution in [3.63, 3.8) is 0 Å². The van der Waals surface area contributed by atoms with Crippen molar-refractivity contribution >= 4 is 17.1 Å². The summed E-state index contributed by atoms with van der Waals surface area (Å²) in [5, 5.41) is 2.16. The molecule has 2 unspecified atom stereocenters. The molecule has 0 radical (unpaired) electrons. The molecule has 3 heterocycles. The van der Waals surface area contributed by atoms with E-state index in [9.17, 15) is 4.79 Å². The molecule has 0 aromatic carbocycles. The van der Waals surface area contributed by atoms with Crippen LogP contribution in [0.1, 0.15) is 44.4 Å². The van der Waals surface area contributed by atoms with E-state index < -0.39 is 0 Å². The Kier molecular flexibility index (Phi) is 3.07. The molecular formula is C15H21NOS. The van der Waals surface area contributed by atoms with Crippen molar-refractivity contribution < 1.29 is 4.79 Å². The van der Waals surface area contributed by atoms with E-state index >= 15 is 0 Å². The lowest BCUT2D eigenvalue weighted by molar-refractivity contribution is -0.123. The van der Waals surface area contributed by atoms with Crippen LogP contribution in [-0.4, -0.2) is 29.3 Å². The smallest absolute Gasteiger partial charge is 0.136 e. The van der Waals surface area contributed by atoms with E-state index in [4.69, 9.17) is 0 Å². The lowest BCUT2D eigenvalue weighted by Gasteiger charge is -2.39. The Bertz CT molecular complexity index is 421. The molecule has 0 aliphatic carbocycles. The first-order valence-corrected chi connectivity index (χ1v) is 7.76. The quantitative estimate of drug-likeness (QED) is 0.834. The summed E-state index contributed by atoms with van der Waals surface area (Å²) in [5.74, 6) is 0.479. The highest BCUT2D eigenvalue weighted by Crippen LogP contribution is 2.38. The summed E-state index contributed by atoms with van der Waals surface area (Å²) in [4.78, 5) is 15.7. The Hall–Kier alpha value is -0.670. The highest BCUT2D eigenvalue weighted by Gasteiger charge is 2.42. The van der Waals surface area contributed by atoms with Gasteiger partial charge in [0.05, 0.1) is 0 Å². The van der Waals surface area contributed by atoms with E-state index in [0.717, 1.165) is 19.4 Å². The SMILES string of the molecule is CC(C)(CN1C2CCC1CC(=O)C2)c1cccs1. The van der Waals surface area contributed by atoms with E-state index in [1.54, 1.807) is 0 Å². The summed E-state index contributed by atoms with van der Waals surface area (Å²) in [6.45, 7) is 5.75. The van der Waals surface area contributed by atoms with Crippen LogP contribution in [0.3, 0.4) is 0 Å². The molecule has 2 aliphatic heterocycles. The Balaban J connectivity index is 1.75. The molecule has 2 saturated heterocycles. The van der Waals surface area contributed by atoms with Gasteiger partial charge in [-0.1, -0.05) is 19.9 Å². The number of rotatable bonds is 3. The molecule has 18 heavy (non-hydrogen) atoms. The molecule has 3 rings (SSSR count). The Morgan fingerprint density at radius 1 is 1.33 bits per heavy atom. The number of fused-ring (bicyclic) bond motifs is 2. The van der Waals surface area contributed by atoms with Crippen LogP contribution < -0.4 is 0 Å². The molecule has 3 heteroatoms. The standard InChI is InChI=1S/C15H21NOS/c1-15(2,14-4-3-7-18-14)10-16-11-5-6-12(16)9-13(17)8-11/h3-4,7,11-12H,5-6,8-10H2,1-2H3. The maximum Gasteiger partial charge on any atom is 0.136 e. The first-order chi connectivity index (χ1) is 8.56. The monoisotopic (exact) mass is 263 g/mol. The van der Waals surface area contributed by atoms with Gasteiger partial charge in [0.15, 0.2) is 0 Å². The topological polar surface area (TPSA) is 20.3 Å². The molecule has 0 amide bonds. The minimum absolute atomic E-state index is 0.204. The first kappa shape index (κ1) is 12.4. The third-order valence-electron chi connectivity index (χ3n) is 4.46. The Labute approximate surface area is 113 Å². The normalized spacial score (nSPS) is 28.9. The van der Waals surface area contributed by atoms with E-state index in [2.05, 4.69) is 36.3 Å². The van der Waals surface area contributed by atoms with Crippen LogP contribution in [0, 0.1) is 0 Å². The van der Waals surface area contributed by atoms with Gasteiger partial charge in [0.2, 0.25) is 0 Å². The van der Waals surface area contributed by atoms with Crippen molar-refractivity contribution in [1.82, 2.24) is 4.90 Å². The second kappa shape index (κ2) is 4.46. The average Bonchev–Trinajstić information content (AvgIpc) is 2.89. The molecule has 98 valence electrons. The zero-order valence-electron chi connectivity index (χ0n) is 11.2. The molecule has 1 aromatic heterocycles. The number of carbonyl (C=O) groups is 1. The van der Waals surface area contributed by atoms with E-state index in [0.29, 0.717) is 17.9 Å². The predicted octanol–water partition coefficient (Wildman–Crippen LogP) is 3.22. The lowest BCUT2D eigenvalue weighted by Crippen LogP contribution is -2.48. The molecule has 0 N–H and O–H groups in total. The van der Waals surface area contributed by atoms with Gasteiger partial charge in [-0.2, -0.15) is 0 Å². The molecule has 2 nitrogen and oxygen atoms in total. The fourth-order valence-corrected chi connectivity index (χ4v) is 4.36. The van der Waals surface area contributed by atoms with Crippen molar-refractivity contribution in [2.24, 2.45) is 0 Å². The Morgan fingerprint density at radius 2 is 2.00 bits per heavy atom. The van der Waals surface area contributed by atoms with Crippen LogP contribution >= 0.6 is 11.3 Å². The third-order valence-corrected chi connectivity index (χ3v) is 5.70. The summed E-state index contributed by atoms with van der Waals surface area (Å²) in [7, 11) is 0. The zero-order chi connectivity index (χ0) is 12.8. The van der Waals surface area contributed by atoms with Gasteiger partial charge in [-0.25, -0.2) is 0 Å². The summed E-state index contributed by atoms with van der Waals surface area (Å²) >= 11 is 1.85. The van der Waals surface area contributed by atoms with Crippen molar-refractivity contribution in [1.29, 1.82) is 0 Å². The highest BCUT2D eigenvalue weighted by atomic mass is 32.1. The number of Topliss-reactive ketones (excluding diaryl/α,β-unsaturated/α-hetero) is 1. The molecule has 2 bridgehead atoms. The molecule has 2 aliphatic rings. The number of carbonyl (C=O) groups excluding carboxylic acids is 1. The van der Waals surface area contributed by atoms with E-state index in [1.165, 1.54) is 17.7 Å². The fourth-order valence-electron chi connectivity index (χ4n) is 3.52. The molecular weight excluding hydrogens is 242 g/mol. The minimum atomic E-state index is 0.204. The van der Waals surface area contributed by atoms with Crippen molar-refractivity contribution in [3.05, 3.63) is 22.4 Å². The van der Waals surface area contributed by atoms with Gasteiger partial charge in [0.25, 0.3) is 0 Å². The first-order valence-electron chi connectivity index (χ1n) is 6.88. The van der Waals surface area contributed by atoms with Gasteiger partial charge in [-0.3, -0.25) is 9.69 Å². The van der Waals surface area contributed by atoms with Crippen LogP contribution in [0.25, 0.3) is 0 Å². The summed E-state index contributed by atoms with van der Waals surface area (Å²) in [6.07, 6.45) is 4.02. The largest absolute Gasteiger partial charge is 0.300 e. The van der Waals surface area contributed by atoms with Crippen molar-refractivity contribution in [3.8, 4) is 0 Å². The summed E-state index contributed by atoms with van der Waals surface area (Å²) in [6, 6.07) is 5.42. The number of hydrogen-bond acceptors (Lipinski definition) is 3. The fraction of sp³-hybridized carbons (Fsp3) is 0.667. The Morgan fingerprint density at radius 3 is 2.56 bits per heavy atom. The van der Waals surface area contributed by atoms with Gasteiger partial charge in [-0.05, 0) is 24.3 Å². The number of nitrogens with zero attached hydrogens (tertiary/aromatic N) is 1. The molecule has 2 atom stereocenters. The van der Waals surface area contributed by atoms with Gasteiger partial charge in [-0.15, -0.1) is 11.3 Å². The number of ketones is 1. The third kappa shape index (κ3) is 2.14. The highest BCUT2D eigenvalue weighted by molar-refractivity contribution is 7.10. The number of thiophene rings is 1. The summed E-state index contributed by atoms with van der Waals surface area (Å²) in [5.41, 5.74) is 0.204. The second-order valence-electron chi connectivity index (χ2n) is 6.37. The number of hydrogen-bond donors (Lipinski definition) is 0.